The van der Waals surface area contributed by atoms with Gasteiger partial charge in [0.1, 0.15) is 47.5 Å². The Bertz CT molecular complexity index is 2730. The molecule has 0 bridgehead atoms. The van der Waals surface area contributed by atoms with Crippen molar-refractivity contribution >= 4 is 48.3 Å². The Hall–Kier alpha value is -5.53. The number of anilines is 1. The second-order valence-electron chi connectivity index (χ2n) is 20.4. The van der Waals surface area contributed by atoms with E-state index in [0.717, 1.165) is 16.7 Å². The molecule has 7 rings (SSSR count). The first-order valence-corrected chi connectivity index (χ1v) is 28.1. The van der Waals surface area contributed by atoms with Gasteiger partial charge < -0.3 is 47.5 Å². The van der Waals surface area contributed by atoms with Crippen molar-refractivity contribution in [2.24, 2.45) is 11.3 Å². The van der Waals surface area contributed by atoms with E-state index in [2.05, 4.69) is 42.7 Å². The highest BCUT2D eigenvalue weighted by Crippen LogP contribution is 2.51. The molecule has 0 aliphatic carbocycles. The molecule has 6 aromatic rings. The Morgan fingerprint density at radius 1 is 0.740 bits per heavy atom. The molecule has 1 N–H and O–H groups in total. The van der Waals surface area contributed by atoms with Crippen LogP contribution < -0.4 is 19.5 Å². The SMILES string of the molecule is COc1ccc(C(OC[C@H]2O[C@@H](n3cnc4c(NC(=O)C(Oc5ccccc5)C(C)(C)C)ncnc43)[C@H](OC)[C@@H]2OP(OCCOCCSC(=O)C(C)C)N(C(C)C)C(C)C)(c2ccccc2)c2ccc(OC)cc2)cc1. The van der Waals surface area contributed by atoms with Crippen molar-refractivity contribution in [2.75, 3.05) is 58.8 Å². The van der Waals surface area contributed by atoms with Gasteiger partial charge in [-0.15, -0.1) is 0 Å². The molecule has 1 fully saturated rings. The van der Waals surface area contributed by atoms with E-state index in [-0.39, 0.29) is 48.8 Å². The zero-order valence-corrected chi connectivity index (χ0v) is 48.0. The van der Waals surface area contributed by atoms with E-state index in [0.29, 0.717) is 40.8 Å². The predicted octanol–water partition coefficient (Wildman–Crippen LogP) is 10.9. The topological polar surface area (TPSA) is 176 Å². The molecule has 2 unspecified atom stereocenters. The summed E-state index contributed by atoms with van der Waals surface area (Å²) in [6.45, 7) is 18.9. The van der Waals surface area contributed by atoms with Crippen LogP contribution in [0.2, 0.25) is 0 Å². The molecule has 6 atom stereocenters. The molecular formula is C58H75N6O11PS. The first-order chi connectivity index (χ1) is 37.0. The predicted molar refractivity (Wildman–Crippen MR) is 300 cm³/mol. The number of aromatic nitrogens is 4. The normalized spacial score (nSPS) is 17.8. The minimum Gasteiger partial charge on any atom is -0.497 e. The molecule has 3 heterocycles. The molecule has 1 aliphatic rings. The van der Waals surface area contributed by atoms with Crippen LogP contribution in [-0.4, -0.2) is 125 Å². The van der Waals surface area contributed by atoms with Crippen molar-refractivity contribution in [1.82, 2.24) is 24.2 Å². The van der Waals surface area contributed by atoms with Gasteiger partial charge >= 0.3 is 0 Å². The summed E-state index contributed by atoms with van der Waals surface area (Å²) in [5.74, 6) is 2.24. The van der Waals surface area contributed by atoms with Crippen molar-refractivity contribution in [3.8, 4) is 17.2 Å². The molecule has 77 heavy (non-hydrogen) atoms. The number of fused-ring (bicyclic) bond motifs is 1. The second-order valence-corrected chi connectivity index (χ2v) is 22.9. The molecular weight excluding hydrogens is 1020 g/mol. The molecule has 414 valence electrons. The van der Waals surface area contributed by atoms with E-state index in [9.17, 15) is 9.59 Å². The van der Waals surface area contributed by atoms with E-state index in [1.165, 1.54) is 18.1 Å². The third-order valence-electron chi connectivity index (χ3n) is 12.9. The summed E-state index contributed by atoms with van der Waals surface area (Å²) in [6.07, 6.45) is -1.23. The maximum atomic E-state index is 14.2. The van der Waals surface area contributed by atoms with Gasteiger partial charge in [-0.25, -0.2) is 19.6 Å². The maximum absolute atomic E-state index is 14.2. The molecule has 1 saturated heterocycles. The Labute approximate surface area is 459 Å². The number of carbonyl (C=O) groups excluding carboxylic acids is 2. The molecule has 1 aliphatic heterocycles. The minimum atomic E-state index is -1.82. The lowest BCUT2D eigenvalue weighted by Crippen LogP contribution is -2.43. The van der Waals surface area contributed by atoms with E-state index in [1.807, 2.05) is 144 Å². The molecule has 17 nitrogen and oxygen atoms in total. The van der Waals surface area contributed by atoms with Crippen LogP contribution in [0, 0.1) is 11.3 Å². The fourth-order valence-electron chi connectivity index (χ4n) is 9.17. The highest BCUT2D eigenvalue weighted by molar-refractivity contribution is 8.13. The number of imidazole rings is 1. The largest absolute Gasteiger partial charge is 0.497 e. The average molecular weight is 1100 g/mol. The van der Waals surface area contributed by atoms with E-state index in [1.54, 1.807) is 32.2 Å². The summed E-state index contributed by atoms with van der Waals surface area (Å²) in [6, 6.07) is 35.0. The summed E-state index contributed by atoms with van der Waals surface area (Å²) in [5.41, 5.74) is 1.45. The van der Waals surface area contributed by atoms with Crippen LogP contribution in [0.15, 0.2) is 122 Å². The second kappa shape index (κ2) is 27.4. The van der Waals surface area contributed by atoms with Crippen LogP contribution >= 0.6 is 20.3 Å². The number of ether oxygens (including phenoxy) is 7. The number of benzene rings is 4. The van der Waals surface area contributed by atoms with E-state index < -0.39 is 56.1 Å². The van der Waals surface area contributed by atoms with Crippen LogP contribution in [0.4, 0.5) is 5.82 Å². The Balaban J connectivity index is 1.28. The number of hydrogen-bond donors (Lipinski definition) is 1. The van der Waals surface area contributed by atoms with Gasteiger partial charge in [-0.3, -0.25) is 14.2 Å². The quantitative estimate of drug-likeness (QED) is 0.0293. The van der Waals surface area contributed by atoms with Crippen LogP contribution in [0.1, 0.15) is 85.2 Å². The summed E-state index contributed by atoms with van der Waals surface area (Å²) in [7, 11) is 3.07. The highest BCUT2D eigenvalue weighted by Gasteiger charge is 2.51. The number of hydrogen-bond acceptors (Lipinski definition) is 16. The van der Waals surface area contributed by atoms with Gasteiger partial charge in [-0.2, -0.15) is 0 Å². The molecule has 0 saturated carbocycles. The number of thioether (sulfide) groups is 1. The number of nitrogens with one attached hydrogen (secondary N) is 1. The number of methoxy groups -OCH3 is 3. The molecule has 4 aromatic carbocycles. The molecule has 1 amide bonds. The van der Waals surface area contributed by atoms with Crippen LogP contribution in [0.3, 0.4) is 0 Å². The lowest BCUT2D eigenvalue weighted by molar-refractivity contribution is -0.127. The summed E-state index contributed by atoms with van der Waals surface area (Å²) in [4.78, 5) is 40.4. The average Bonchev–Trinajstić information content (AvgIpc) is 4.02. The van der Waals surface area contributed by atoms with Gasteiger partial charge in [0.15, 0.2) is 34.4 Å². The number of para-hydroxylation sites is 1. The number of amides is 1. The smallest absolute Gasteiger partial charge is 0.267 e. The Kier molecular flexibility index (Phi) is 21.0. The van der Waals surface area contributed by atoms with Gasteiger partial charge in [0, 0.05) is 36.3 Å². The van der Waals surface area contributed by atoms with Gasteiger partial charge in [0.25, 0.3) is 14.4 Å². The lowest BCUT2D eigenvalue weighted by Gasteiger charge is -2.39. The molecule has 19 heteroatoms. The van der Waals surface area contributed by atoms with Crippen molar-refractivity contribution in [3.63, 3.8) is 0 Å². The fourth-order valence-corrected chi connectivity index (χ4v) is 11.7. The van der Waals surface area contributed by atoms with E-state index >= 15 is 0 Å². The maximum Gasteiger partial charge on any atom is 0.267 e. The summed E-state index contributed by atoms with van der Waals surface area (Å²) < 4.78 is 62.7. The van der Waals surface area contributed by atoms with Crippen LogP contribution in [0.5, 0.6) is 17.2 Å². The molecule has 0 radical (unpaired) electrons. The Morgan fingerprint density at radius 3 is 1.90 bits per heavy atom. The number of nitrogens with zero attached hydrogens (tertiary/aromatic N) is 5. The van der Waals surface area contributed by atoms with Crippen LogP contribution in [0.25, 0.3) is 11.2 Å². The van der Waals surface area contributed by atoms with Gasteiger partial charge in [0.05, 0.1) is 47.0 Å². The first kappa shape index (κ1) is 59.1. The third kappa shape index (κ3) is 14.4. The highest BCUT2D eigenvalue weighted by atomic mass is 32.2. The van der Waals surface area contributed by atoms with Crippen LogP contribution in [-0.2, 0) is 43.2 Å². The van der Waals surface area contributed by atoms with Crippen molar-refractivity contribution in [2.45, 2.75) is 111 Å². The number of rotatable bonds is 27. The van der Waals surface area contributed by atoms with Gasteiger partial charge in [0.2, 0.25) is 0 Å². The number of carbonyl (C=O) groups is 2. The first-order valence-electron chi connectivity index (χ1n) is 26.0. The summed E-state index contributed by atoms with van der Waals surface area (Å²) in [5, 5.41) is 3.12. The zero-order chi connectivity index (χ0) is 55.3. The minimum absolute atomic E-state index is 0.00376. The molecule has 2 aromatic heterocycles. The van der Waals surface area contributed by atoms with Gasteiger partial charge in [-0.05, 0) is 80.8 Å². The lowest BCUT2D eigenvalue weighted by atomic mass is 9.80. The van der Waals surface area contributed by atoms with Crippen molar-refractivity contribution < 1.29 is 51.8 Å². The monoisotopic (exact) mass is 1090 g/mol. The van der Waals surface area contributed by atoms with Crippen molar-refractivity contribution in [3.05, 3.63) is 139 Å². The fraction of sp³-hybridized carbons (Fsp3) is 0.466. The standard InChI is InChI=1S/C58H75N6O11PS/c1-38(2)56(66)77-34-33-70-31-32-72-76(64(39(3)4)40(5)6)75-49-47(35-71-58(41-19-15-13-16-20-41,42-23-27-44(67-10)28-24-42)43-25-29-45(68-11)30-26-43)74-55(50(49)69-12)63-37-61-48-52(59-36-60-53(48)63)62-54(65)51(57(7,8)9)73-46-21-17-14-18-22-46/h13-30,36-40,47,49-51,55H,31-35H2,1-12H3,(H,59,60,62,65)/t47-,49-,50-,51?,55-,76?/m1/s1. The summed E-state index contributed by atoms with van der Waals surface area (Å²) >= 11 is 1.27. The zero-order valence-electron chi connectivity index (χ0n) is 46.3. The Morgan fingerprint density at radius 2 is 1.34 bits per heavy atom. The van der Waals surface area contributed by atoms with Crippen molar-refractivity contribution in [1.29, 1.82) is 0 Å². The van der Waals surface area contributed by atoms with Gasteiger partial charge in [-0.1, -0.05) is 119 Å². The molecule has 0 spiro atoms. The van der Waals surface area contributed by atoms with E-state index in [4.69, 9.17) is 52.2 Å². The third-order valence-corrected chi connectivity index (χ3v) is 16.2.